The van der Waals surface area contributed by atoms with Crippen molar-refractivity contribution in [3.8, 4) is 5.75 Å². The first kappa shape index (κ1) is 8.07. The van der Waals surface area contributed by atoms with E-state index in [1.165, 1.54) is 0 Å². The van der Waals surface area contributed by atoms with E-state index in [1.54, 1.807) is 12.3 Å². The summed E-state index contributed by atoms with van der Waals surface area (Å²) in [6, 6.07) is 9.20. The van der Waals surface area contributed by atoms with Crippen molar-refractivity contribution in [1.82, 2.24) is 4.98 Å². The first-order chi connectivity index (χ1) is 6.40. The maximum atomic E-state index is 8.43. The number of fused-ring (bicyclic) bond motifs is 1. The Hall–Kier alpha value is -1.55. The second kappa shape index (κ2) is 3.45. The molecule has 0 aliphatic carbocycles. The van der Waals surface area contributed by atoms with Gasteiger partial charge in [-0.1, -0.05) is 6.07 Å². The van der Waals surface area contributed by atoms with Gasteiger partial charge in [0.05, 0.1) is 5.52 Å². The SMILES string of the molecule is O[B]Oc1ccc2ncccc2c1. The summed E-state index contributed by atoms with van der Waals surface area (Å²) in [6.45, 7) is 0. The average molecular weight is 172 g/mol. The molecular formula is C9H7BNO2. The molecule has 2 rings (SSSR count). The van der Waals surface area contributed by atoms with Crippen molar-refractivity contribution in [3.05, 3.63) is 36.5 Å². The number of rotatable bonds is 2. The zero-order chi connectivity index (χ0) is 9.10. The number of aromatic nitrogens is 1. The summed E-state index contributed by atoms with van der Waals surface area (Å²) in [6.07, 6.45) is 1.74. The van der Waals surface area contributed by atoms with Crippen molar-refractivity contribution in [2.45, 2.75) is 0 Å². The van der Waals surface area contributed by atoms with Crippen LogP contribution >= 0.6 is 0 Å². The Kier molecular flexibility index (Phi) is 2.14. The molecule has 1 aromatic heterocycles. The Balaban J connectivity index is 2.49. The highest BCUT2D eigenvalue weighted by atomic mass is 16.5. The number of pyridine rings is 1. The fourth-order valence-electron chi connectivity index (χ4n) is 1.19. The molecule has 0 amide bonds. The molecule has 4 heteroatoms. The third-order valence-electron chi connectivity index (χ3n) is 1.76. The molecule has 1 radical (unpaired) electrons. The molecule has 0 saturated carbocycles. The topological polar surface area (TPSA) is 42.4 Å². The number of nitrogens with zero attached hydrogens (tertiary/aromatic N) is 1. The average Bonchev–Trinajstić information content (AvgIpc) is 2.18. The van der Waals surface area contributed by atoms with Gasteiger partial charge in [-0.2, -0.15) is 0 Å². The fourth-order valence-corrected chi connectivity index (χ4v) is 1.19. The Morgan fingerprint density at radius 2 is 2.23 bits per heavy atom. The molecule has 2 aromatic rings. The molecule has 0 spiro atoms. The summed E-state index contributed by atoms with van der Waals surface area (Å²) in [7, 11) is 0.664. The van der Waals surface area contributed by atoms with E-state index < -0.39 is 0 Å². The lowest BCUT2D eigenvalue weighted by atomic mass is 10.2. The number of benzene rings is 1. The maximum Gasteiger partial charge on any atom is 0.569 e. The quantitative estimate of drug-likeness (QED) is 0.690. The predicted molar refractivity (Wildman–Crippen MR) is 50.3 cm³/mol. The number of hydrogen-bond donors (Lipinski definition) is 1. The predicted octanol–water partition coefficient (Wildman–Crippen LogP) is 1.14. The van der Waals surface area contributed by atoms with Crippen LogP contribution in [0.15, 0.2) is 36.5 Å². The molecule has 1 aromatic carbocycles. The molecule has 0 saturated heterocycles. The minimum atomic E-state index is 0.600. The lowest BCUT2D eigenvalue weighted by Gasteiger charge is -2.02. The molecular weight excluding hydrogens is 165 g/mol. The molecule has 0 aliphatic rings. The van der Waals surface area contributed by atoms with Gasteiger partial charge >= 0.3 is 7.69 Å². The molecule has 3 nitrogen and oxygen atoms in total. The molecule has 0 fully saturated rings. The highest BCUT2D eigenvalue weighted by molar-refractivity contribution is 6.17. The van der Waals surface area contributed by atoms with Gasteiger partial charge in [-0.05, 0) is 24.3 Å². The van der Waals surface area contributed by atoms with Gasteiger partial charge in [-0.15, -0.1) is 0 Å². The highest BCUT2D eigenvalue weighted by Crippen LogP contribution is 2.18. The van der Waals surface area contributed by atoms with Gasteiger partial charge in [0.2, 0.25) is 0 Å². The van der Waals surface area contributed by atoms with Crippen molar-refractivity contribution in [2.24, 2.45) is 0 Å². The Bertz CT molecular complexity index is 419. The minimum absolute atomic E-state index is 0.600. The number of hydrogen-bond acceptors (Lipinski definition) is 3. The van der Waals surface area contributed by atoms with Crippen molar-refractivity contribution >= 4 is 18.6 Å². The van der Waals surface area contributed by atoms with Crippen LogP contribution < -0.4 is 4.65 Å². The van der Waals surface area contributed by atoms with E-state index in [-0.39, 0.29) is 0 Å². The van der Waals surface area contributed by atoms with Crippen LogP contribution in [0.1, 0.15) is 0 Å². The van der Waals surface area contributed by atoms with Gasteiger partial charge in [0.25, 0.3) is 0 Å². The van der Waals surface area contributed by atoms with E-state index in [9.17, 15) is 0 Å². The van der Waals surface area contributed by atoms with Crippen molar-refractivity contribution in [1.29, 1.82) is 0 Å². The summed E-state index contributed by atoms with van der Waals surface area (Å²) < 4.78 is 4.82. The van der Waals surface area contributed by atoms with Gasteiger partial charge in [-0.25, -0.2) is 0 Å². The van der Waals surface area contributed by atoms with Gasteiger partial charge in [0.15, 0.2) is 0 Å². The monoisotopic (exact) mass is 172 g/mol. The summed E-state index contributed by atoms with van der Waals surface area (Å²) in [4.78, 5) is 4.15. The second-order valence-electron chi connectivity index (χ2n) is 2.58. The van der Waals surface area contributed by atoms with Crippen LogP contribution in [-0.2, 0) is 0 Å². The van der Waals surface area contributed by atoms with Crippen LogP contribution in [0.25, 0.3) is 10.9 Å². The third-order valence-corrected chi connectivity index (χ3v) is 1.76. The third kappa shape index (κ3) is 1.62. The smallest absolute Gasteiger partial charge is 0.537 e. The highest BCUT2D eigenvalue weighted by Gasteiger charge is 1.97. The standard InChI is InChI=1S/C9H7BNO2/c12-10-13-8-3-4-9-7(6-8)2-1-5-11-9/h1-6,12H. The van der Waals surface area contributed by atoms with Crippen LogP contribution in [0.2, 0.25) is 0 Å². The van der Waals surface area contributed by atoms with Crippen LogP contribution in [0.3, 0.4) is 0 Å². The molecule has 1 N–H and O–H groups in total. The van der Waals surface area contributed by atoms with Gasteiger partial charge in [0.1, 0.15) is 5.75 Å². The Morgan fingerprint density at radius 3 is 3.08 bits per heavy atom. The lowest BCUT2D eigenvalue weighted by Crippen LogP contribution is -1.99. The maximum absolute atomic E-state index is 8.43. The molecule has 63 valence electrons. The Labute approximate surface area is 76.3 Å². The van der Waals surface area contributed by atoms with E-state index in [0.717, 1.165) is 10.9 Å². The van der Waals surface area contributed by atoms with Crippen molar-refractivity contribution in [2.75, 3.05) is 0 Å². The van der Waals surface area contributed by atoms with Crippen LogP contribution in [0, 0.1) is 0 Å². The Morgan fingerprint density at radius 1 is 1.31 bits per heavy atom. The van der Waals surface area contributed by atoms with Gasteiger partial charge < -0.3 is 9.68 Å². The van der Waals surface area contributed by atoms with Crippen molar-refractivity contribution < 1.29 is 9.68 Å². The van der Waals surface area contributed by atoms with E-state index in [0.29, 0.717) is 13.4 Å². The summed E-state index contributed by atoms with van der Waals surface area (Å²) in [5, 5.41) is 9.42. The van der Waals surface area contributed by atoms with Crippen LogP contribution in [-0.4, -0.2) is 17.7 Å². The van der Waals surface area contributed by atoms with Crippen molar-refractivity contribution in [3.63, 3.8) is 0 Å². The zero-order valence-corrected chi connectivity index (χ0v) is 6.84. The van der Waals surface area contributed by atoms with Gasteiger partial charge in [-0.3, -0.25) is 4.98 Å². The minimum Gasteiger partial charge on any atom is -0.537 e. The van der Waals surface area contributed by atoms with Crippen LogP contribution in [0.4, 0.5) is 0 Å². The van der Waals surface area contributed by atoms with Gasteiger partial charge in [0, 0.05) is 11.6 Å². The largest absolute Gasteiger partial charge is 0.569 e. The van der Waals surface area contributed by atoms with E-state index in [1.807, 2.05) is 24.3 Å². The summed E-state index contributed by atoms with van der Waals surface area (Å²) in [5.74, 6) is 0.600. The first-order valence-corrected chi connectivity index (χ1v) is 3.87. The fraction of sp³-hybridized carbons (Fsp3) is 0. The molecule has 0 bridgehead atoms. The van der Waals surface area contributed by atoms with E-state index in [4.69, 9.17) is 9.68 Å². The molecule has 1 heterocycles. The second-order valence-corrected chi connectivity index (χ2v) is 2.58. The molecule has 13 heavy (non-hydrogen) atoms. The van der Waals surface area contributed by atoms with E-state index in [2.05, 4.69) is 4.98 Å². The van der Waals surface area contributed by atoms with E-state index >= 15 is 0 Å². The molecule has 0 atom stereocenters. The lowest BCUT2D eigenvalue weighted by molar-refractivity contribution is 0.454. The molecule has 0 aliphatic heterocycles. The van der Waals surface area contributed by atoms with Crippen LogP contribution in [0.5, 0.6) is 5.75 Å². The first-order valence-electron chi connectivity index (χ1n) is 3.87. The molecule has 0 unspecified atom stereocenters. The summed E-state index contributed by atoms with van der Waals surface area (Å²) in [5.41, 5.74) is 0.910. The summed E-state index contributed by atoms with van der Waals surface area (Å²) >= 11 is 0. The normalized spacial score (nSPS) is 9.92. The zero-order valence-electron chi connectivity index (χ0n) is 6.84.